The molecule has 0 radical (unpaired) electrons. The van der Waals surface area contributed by atoms with E-state index in [9.17, 15) is 0 Å². The van der Waals surface area contributed by atoms with Gasteiger partial charge < -0.3 is 9.47 Å². The Balaban J connectivity index is 1.39. The van der Waals surface area contributed by atoms with E-state index >= 15 is 0 Å². The lowest BCUT2D eigenvalue weighted by Crippen LogP contribution is -2.17. The first kappa shape index (κ1) is 35.1. The van der Waals surface area contributed by atoms with Crippen LogP contribution in [-0.4, -0.2) is 30.0 Å². The van der Waals surface area contributed by atoms with Crippen molar-refractivity contribution >= 4 is 23.1 Å². The third-order valence-electron chi connectivity index (χ3n) is 9.52. The minimum atomic E-state index is -0.106. The van der Waals surface area contributed by atoms with Gasteiger partial charge in [0.25, 0.3) is 0 Å². The molecule has 0 bridgehead atoms. The highest BCUT2D eigenvalue weighted by atomic mass is 32.1. The van der Waals surface area contributed by atoms with Crippen molar-refractivity contribution in [1.29, 1.82) is 0 Å². The molecule has 0 fully saturated rings. The van der Waals surface area contributed by atoms with Crippen molar-refractivity contribution in [3.8, 4) is 10.4 Å². The Morgan fingerprint density at radius 2 is 0.939 bits per heavy atom. The fourth-order valence-electron chi connectivity index (χ4n) is 6.12. The lowest BCUT2D eigenvalue weighted by atomic mass is 9.79. The van der Waals surface area contributed by atoms with Gasteiger partial charge in [-0.2, -0.15) is 0 Å². The van der Waals surface area contributed by atoms with Gasteiger partial charge in [0.1, 0.15) is 36.7 Å². The number of hydrogen-bond donors (Lipinski definition) is 0. The number of nitrogens with zero attached hydrogens (tertiary/aromatic N) is 3. The number of aromatic nitrogens is 1. The Morgan fingerprint density at radius 3 is 1.27 bits per heavy atom. The summed E-state index contributed by atoms with van der Waals surface area (Å²) in [6.45, 7) is 28.2. The molecule has 49 heavy (non-hydrogen) atoms. The molecule has 0 saturated carbocycles. The molecule has 2 unspecified atom stereocenters. The van der Waals surface area contributed by atoms with E-state index in [2.05, 4.69) is 149 Å². The molecule has 0 amide bonds. The summed E-state index contributed by atoms with van der Waals surface area (Å²) in [7, 11) is 0. The molecule has 6 heteroatoms. The maximum absolute atomic E-state index is 6.34. The van der Waals surface area contributed by atoms with Crippen LogP contribution in [0.25, 0.3) is 10.4 Å². The Hall–Kier alpha value is -3.77. The van der Waals surface area contributed by atoms with Crippen LogP contribution in [0.15, 0.2) is 76.0 Å². The number of benzene rings is 2. The van der Waals surface area contributed by atoms with Crippen LogP contribution in [0.2, 0.25) is 0 Å². The molecule has 2 aliphatic rings. The molecular weight excluding hydrogens is 623 g/mol. The Morgan fingerprint density at radius 1 is 0.551 bits per heavy atom. The lowest BCUT2D eigenvalue weighted by Gasteiger charge is -2.26. The molecule has 258 valence electrons. The molecule has 4 aromatic rings. The number of aliphatic imine (C=N–C) groups is 2. The van der Waals surface area contributed by atoms with E-state index in [1.165, 1.54) is 33.4 Å². The molecule has 0 aliphatic carbocycles. The van der Waals surface area contributed by atoms with Gasteiger partial charge >= 0.3 is 0 Å². The number of thiophene rings is 1. The topological polar surface area (TPSA) is 56.1 Å². The summed E-state index contributed by atoms with van der Waals surface area (Å²) in [6.07, 6.45) is 0. The van der Waals surface area contributed by atoms with E-state index in [1.54, 1.807) is 11.3 Å². The van der Waals surface area contributed by atoms with Gasteiger partial charge in [-0.25, -0.2) is 15.0 Å². The normalized spacial score (nSPS) is 18.6. The minimum Gasteiger partial charge on any atom is -0.474 e. The van der Waals surface area contributed by atoms with Crippen molar-refractivity contribution < 1.29 is 9.47 Å². The van der Waals surface area contributed by atoms with Crippen molar-refractivity contribution in [1.82, 2.24) is 4.98 Å². The number of pyridine rings is 1. The minimum absolute atomic E-state index is 0.0236. The van der Waals surface area contributed by atoms with Gasteiger partial charge in [0.15, 0.2) is 0 Å². The van der Waals surface area contributed by atoms with E-state index in [1.807, 2.05) is 0 Å². The van der Waals surface area contributed by atoms with Crippen LogP contribution in [-0.2, 0) is 31.1 Å². The number of ether oxygens (including phenoxy) is 2. The van der Waals surface area contributed by atoms with E-state index in [-0.39, 0.29) is 33.7 Å². The van der Waals surface area contributed by atoms with Crippen molar-refractivity contribution in [3.63, 3.8) is 0 Å². The lowest BCUT2D eigenvalue weighted by molar-refractivity contribution is 0.317. The molecule has 4 heterocycles. The van der Waals surface area contributed by atoms with Crippen molar-refractivity contribution in [2.24, 2.45) is 9.98 Å². The van der Waals surface area contributed by atoms with Gasteiger partial charge in [0.2, 0.25) is 11.8 Å². The Kier molecular flexibility index (Phi) is 8.97. The summed E-state index contributed by atoms with van der Waals surface area (Å²) >= 11 is 1.70. The Bertz CT molecular complexity index is 1720. The zero-order valence-corrected chi connectivity index (χ0v) is 32.3. The maximum Gasteiger partial charge on any atom is 0.236 e. The maximum atomic E-state index is 6.34. The second kappa shape index (κ2) is 12.5. The zero-order chi connectivity index (χ0) is 35.5. The molecule has 0 saturated heterocycles. The molecule has 0 N–H and O–H groups in total. The average molecular weight is 676 g/mol. The molecule has 2 aromatic carbocycles. The van der Waals surface area contributed by atoms with Crippen LogP contribution in [0.5, 0.6) is 0 Å². The van der Waals surface area contributed by atoms with Crippen LogP contribution in [0.1, 0.15) is 140 Å². The first-order chi connectivity index (χ1) is 22.8. The largest absolute Gasteiger partial charge is 0.474 e. The molecule has 2 atom stereocenters. The molecule has 2 aliphatic heterocycles. The second-order valence-corrected chi connectivity index (χ2v) is 18.8. The second-order valence-electron chi connectivity index (χ2n) is 17.8. The van der Waals surface area contributed by atoms with E-state index in [0.717, 1.165) is 10.4 Å². The number of hydrogen-bond acceptors (Lipinski definition) is 6. The molecule has 6 rings (SSSR count). The average Bonchev–Trinajstić information content (AvgIpc) is 3.81. The summed E-state index contributed by atoms with van der Waals surface area (Å²) in [5.41, 5.74) is 10.2. The van der Waals surface area contributed by atoms with Gasteiger partial charge in [-0.3, -0.25) is 0 Å². The molecule has 0 spiro atoms. The first-order valence-corrected chi connectivity index (χ1v) is 18.4. The Labute approximate surface area is 297 Å². The summed E-state index contributed by atoms with van der Waals surface area (Å²) in [5, 5.41) is 2.10. The van der Waals surface area contributed by atoms with Crippen molar-refractivity contribution in [2.75, 3.05) is 13.2 Å². The molecule has 2 aromatic heterocycles. The fourth-order valence-corrected chi connectivity index (χ4v) is 6.84. The van der Waals surface area contributed by atoms with E-state index in [0.29, 0.717) is 36.4 Å². The summed E-state index contributed by atoms with van der Waals surface area (Å²) in [4.78, 5) is 16.5. The molecular formula is C43H53N3O2S. The highest BCUT2D eigenvalue weighted by Gasteiger charge is 2.30. The van der Waals surface area contributed by atoms with Crippen molar-refractivity contribution in [3.05, 3.63) is 111 Å². The van der Waals surface area contributed by atoms with Gasteiger partial charge in [-0.15, -0.1) is 11.3 Å². The highest BCUT2D eigenvalue weighted by molar-refractivity contribution is 7.13. The summed E-state index contributed by atoms with van der Waals surface area (Å²) in [5.74, 6) is 1.12. The van der Waals surface area contributed by atoms with Crippen LogP contribution in [0.3, 0.4) is 0 Å². The smallest absolute Gasteiger partial charge is 0.236 e. The third kappa shape index (κ3) is 7.70. The molecule has 5 nitrogen and oxygen atoms in total. The number of rotatable bonds is 5. The highest BCUT2D eigenvalue weighted by Crippen LogP contribution is 2.37. The van der Waals surface area contributed by atoms with Gasteiger partial charge in [-0.1, -0.05) is 126 Å². The summed E-state index contributed by atoms with van der Waals surface area (Å²) < 4.78 is 12.7. The van der Waals surface area contributed by atoms with E-state index in [4.69, 9.17) is 24.4 Å². The van der Waals surface area contributed by atoms with Gasteiger partial charge in [-0.05, 0) is 84.2 Å². The predicted molar refractivity (Wildman–Crippen MR) is 206 cm³/mol. The van der Waals surface area contributed by atoms with Crippen molar-refractivity contribution in [2.45, 2.75) is 117 Å². The van der Waals surface area contributed by atoms with Crippen LogP contribution in [0, 0.1) is 0 Å². The SMILES string of the molecule is CC(C)(C)c1cc(C2COC(c3cc(-c4cccs4)cc(C4=NC(c5cc(C(C)(C)C)cc(C(C)(C)C)c5)CO4)n3)=N2)cc(C(C)(C)C)c1. The summed E-state index contributed by atoms with van der Waals surface area (Å²) in [6, 6.07) is 22.1. The van der Waals surface area contributed by atoms with Crippen LogP contribution in [0.4, 0.5) is 0 Å². The fraction of sp³-hybridized carbons (Fsp3) is 0.465. The monoisotopic (exact) mass is 675 g/mol. The van der Waals surface area contributed by atoms with E-state index < -0.39 is 0 Å². The van der Waals surface area contributed by atoms with Crippen LogP contribution < -0.4 is 0 Å². The van der Waals surface area contributed by atoms with Crippen LogP contribution >= 0.6 is 11.3 Å². The third-order valence-corrected chi connectivity index (χ3v) is 10.4. The predicted octanol–water partition coefficient (Wildman–Crippen LogP) is 11.0. The van der Waals surface area contributed by atoms with Gasteiger partial charge in [0, 0.05) is 4.88 Å². The first-order valence-electron chi connectivity index (χ1n) is 17.6. The quantitative estimate of drug-likeness (QED) is 0.212. The standard InChI is InChI=1S/C43H53N3O2S/c1-40(2,3)29-16-26(17-30(22-29)41(4,5)6)35-24-47-38(45-35)33-20-28(37-14-13-15-49-37)21-34(44-33)39-46-36(25-48-39)27-18-31(42(7,8)9)23-32(19-27)43(10,11)12/h13-23,35-36H,24-25H2,1-12H3. The van der Waals surface area contributed by atoms with Gasteiger partial charge in [0.05, 0.1) is 0 Å². The zero-order valence-electron chi connectivity index (χ0n) is 31.5.